The number of hydrogen-bond acceptors (Lipinski definition) is 5. The highest BCUT2D eigenvalue weighted by atomic mass is 35.5. The summed E-state index contributed by atoms with van der Waals surface area (Å²) in [6.07, 6.45) is 1.66. The molecule has 7 heteroatoms. The third-order valence-corrected chi connectivity index (χ3v) is 5.82. The first-order valence-electron chi connectivity index (χ1n) is 10.2. The fourth-order valence-corrected chi connectivity index (χ4v) is 3.93. The lowest BCUT2D eigenvalue weighted by Crippen LogP contribution is -2.40. The van der Waals surface area contributed by atoms with Crippen LogP contribution in [0.1, 0.15) is 29.9 Å². The van der Waals surface area contributed by atoms with Crippen molar-refractivity contribution in [2.24, 2.45) is 5.92 Å². The summed E-state index contributed by atoms with van der Waals surface area (Å²) in [5.74, 6) is 1.30. The van der Waals surface area contributed by atoms with Gasteiger partial charge in [-0.05, 0) is 56.1 Å². The number of piperidine rings is 1. The van der Waals surface area contributed by atoms with Gasteiger partial charge in [0.25, 0.3) is 0 Å². The Morgan fingerprint density at radius 1 is 1.20 bits per heavy atom. The third kappa shape index (κ3) is 5.07. The van der Waals surface area contributed by atoms with Crippen LogP contribution in [0.15, 0.2) is 53.1 Å². The molecule has 3 aromatic rings. The Hall–Kier alpha value is -2.70. The van der Waals surface area contributed by atoms with Crippen molar-refractivity contribution in [2.45, 2.75) is 32.9 Å². The van der Waals surface area contributed by atoms with E-state index in [2.05, 4.69) is 39.4 Å². The lowest BCUT2D eigenvalue weighted by atomic mass is 9.95. The highest BCUT2D eigenvalue weighted by Gasteiger charge is 2.26. The zero-order valence-electron chi connectivity index (χ0n) is 17.0. The minimum absolute atomic E-state index is 0.0509. The van der Waals surface area contributed by atoms with Crippen LogP contribution in [0.4, 0.5) is 0 Å². The van der Waals surface area contributed by atoms with E-state index in [0.29, 0.717) is 29.8 Å². The zero-order valence-corrected chi connectivity index (χ0v) is 17.7. The molecule has 1 aromatic heterocycles. The van der Waals surface area contributed by atoms with Gasteiger partial charge >= 0.3 is 0 Å². The number of rotatable bonds is 6. The molecule has 156 valence electrons. The molecule has 0 saturated carbocycles. The van der Waals surface area contributed by atoms with E-state index >= 15 is 0 Å². The van der Waals surface area contributed by atoms with Gasteiger partial charge in [0.2, 0.25) is 17.6 Å². The van der Waals surface area contributed by atoms with Gasteiger partial charge in [0.1, 0.15) is 0 Å². The summed E-state index contributed by atoms with van der Waals surface area (Å²) in [6, 6.07) is 15.5. The Balaban J connectivity index is 1.26. The lowest BCUT2D eigenvalue weighted by molar-refractivity contribution is -0.126. The summed E-state index contributed by atoms with van der Waals surface area (Å²) in [7, 11) is 0. The van der Waals surface area contributed by atoms with Crippen LogP contribution in [-0.2, 0) is 17.9 Å². The number of halogens is 1. The second-order valence-corrected chi connectivity index (χ2v) is 8.15. The molecule has 1 saturated heterocycles. The summed E-state index contributed by atoms with van der Waals surface area (Å²) in [5, 5.41) is 7.79. The SMILES string of the molecule is Cc1ccccc1CNC(=O)C1CCN(Cc2nc(-c3cccc(Cl)c3)no2)CC1. The molecule has 0 bridgehead atoms. The third-order valence-electron chi connectivity index (χ3n) is 5.58. The Bertz CT molecular complexity index is 1010. The van der Waals surface area contributed by atoms with Gasteiger partial charge in [0.15, 0.2) is 0 Å². The molecule has 30 heavy (non-hydrogen) atoms. The first-order valence-corrected chi connectivity index (χ1v) is 10.6. The van der Waals surface area contributed by atoms with E-state index < -0.39 is 0 Å². The van der Waals surface area contributed by atoms with E-state index in [0.717, 1.165) is 37.1 Å². The van der Waals surface area contributed by atoms with Crippen LogP contribution in [0.3, 0.4) is 0 Å². The Morgan fingerprint density at radius 2 is 2.00 bits per heavy atom. The van der Waals surface area contributed by atoms with Crippen molar-refractivity contribution in [2.75, 3.05) is 13.1 Å². The average molecular weight is 425 g/mol. The normalized spacial score (nSPS) is 15.3. The maximum atomic E-state index is 12.6. The Kier molecular flexibility index (Phi) is 6.45. The molecule has 2 aromatic carbocycles. The molecule has 1 aliphatic heterocycles. The second kappa shape index (κ2) is 9.41. The zero-order chi connectivity index (χ0) is 20.9. The van der Waals surface area contributed by atoms with Crippen LogP contribution in [0.2, 0.25) is 5.02 Å². The van der Waals surface area contributed by atoms with E-state index in [4.69, 9.17) is 16.1 Å². The molecule has 4 rings (SSSR count). The van der Waals surface area contributed by atoms with Crippen molar-refractivity contribution in [1.29, 1.82) is 0 Å². The van der Waals surface area contributed by atoms with Crippen LogP contribution < -0.4 is 5.32 Å². The quantitative estimate of drug-likeness (QED) is 0.641. The summed E-state index contributed by atoms with van der Waals surface area (Å²) in [5.41, 5.74) is 3.20. The van der Waals surface area contributed by atoms with E-state index in [1.807, 2.05) is 36.4 Å². The lowest BCUT2D eigenvalue weighted by Gasteiger charge is -2.30. The van der Waals surface area contributed by atoms with Gasteiger partial charge in [-0.15, -0.1) is 0 Å². The van der Waals surface area contributed by atoms with Gasteiger partial charge in [-0.25, -0.2) is 0 Å². The Morgan fingerprint density at radius 3 is 2.77 bits per heavy atom. The van der Waals surface area contributed by atoms with Crippen LogP contribution in [-0.4, -0.2) is 34.0 Å². The summed E-state index contributed by atoms with van der Waals surface area (Å²) < 4.78 is 5.41. The molecule has 1 aliphatic rings. The number of carbonyl (C=O) groups excluding carboxylic acids is 1. The number of aryl methyl sites for hydroxylation is 1. The minimum atomic E-state index is 0.0509. The van der Waals surface area contributed by atoms with Gasteiger partial charge in [-0.2, -0.15) is 4.98 Å². The van der Waals surface area contributed by atoms with Gasteiger partial charge < -0.3 is 9.84 Å². The average Bonchev–Trinajstić information content (AvgIpc) is 3.22. The van der Waals surface area contributed by atoms with Gasteiger partial charge in [0, 0.05) is 23.0 Å². The number of carbonyl (C=O) groups is 1. The molecule has 6 nitrogen and oxygen atoms in total. The van der Waals surface area contributed by atoms with Gasteiger partial charge in [-0.1, -0.05) is 53.2 Å². The number of likely N-dealkylation sites (tertiary alicyclic amines) is 1. The molecule has 0 atom stereocenters. The minimum Gasteiger partial charge on any atom is -0.352 e. The first-order chi connectivity index (χ1) is 14.6. The van der Waals surface area contributed by atoms with Crippen molar-refractivity contribution in [3.8, 4) is 11.4 Å². The standard InChI is InChI=1S/C23H25ClN4O2/c1-16-5-2-3-6-19(16)14-25-23(29)17-9-11-28(12-10-17)15-21-26-22(27-30-21)18-7-4-8-20(24)13-18/h2-8,13,17H,9-12,14-15H2,1H3,(H,25,29). The molecule has 1 fully saturated rings. The number of hydrogen-bond donors (Lipinski definition) is 1. The number of nitrogens with zero attached hydrogens (tertiary/aromatic N) is 3. The highest BCUT2D eigenvalue weighted by Crippen LogP contribution is 2.22. The van der Waals surface area contributed by atoms with Crippen molar-refractivity contribution < 1.29 is 9.32 Å². The fourth-order valence-electron chi connectivity index (χ4n) is 3.74. The predicted octanol–water partition coefficient (Wildman–Crippen LogP) is 4.23. The van der Waals surface area contributed by atoms with Crippen molar-refractivity contribution >= 4 is 17.5 Å². The molecular weight excluding hydrogens is 400 g/mol. The number of benzene rings is 2. The van der Waals surface area contributed by atoms with Gasteiger partial charge in [0.05, 0.1) is 6.54 Å². The Labute approximate surface area is 181 Å². The van der Waals surface area contributed by atoms with Crippen LogP contribution >= 0.6 is 11.6 Å². The number of amides is 1. The molecule has 1 N–H and O–H groups in total. The van der Waals surface area contributed by atoms with E-state index in [1.54, 1.807) is 0 Å². The summed E-state index contributed by atoms with van der Waals surface area (Å²) in [4.78, 5) is 19.3. The molecule has 2 heterocycles. The summed E-state index contributed by atoms with van der Waals surface area (Å²) in [6.45, 7) is 4.90. The van der Waals surface area contributed by atoms with Crippen LogP contribution in [0.25, 0.3) is 11.4 Å². The van der Waals surface area contributed by atoms with Crippen LogP contribution in [0.5, 0.6) is 0 Å². The number of aromatic nitrogens is 2. The smallest absolute Gasteiger partial charge is 0.241 e. The predicted molar refractivity (Wildman–Crippen MR) is 116 cm³/mol. The number of nitrogens with one attached hydrogen (secondary N) is 1. The molecule has 0 unspecified atom stereocenters. The van der Waals surface area contributed by atoms with Gasteiger partial charge in [-0.3, -0.25) is 9.69 Å². The summed E-state index contributed by atoms with van der Waals surface area (Å²) >= 11 is 6.03. The van der Waals surface area contributed by atoms with Crippen molar-refractivity contribution in [3.05, 3.63) is 70.6 Å². The van der Waals surface area contributed by atoms with E-state index in [-0.39, 0.29) is 11.8 Å². The monoisotopic (exact) mass is 424 g/mol. The highest BCUT2D eigenvalue weighted by molar-refractivity contribution is 6.30. The fraction of sp³-hybridized carbons (Fsp3) is 0.348. The topological polar surface area (TPSA) is 71.3 Å². The molecule has 0 spiro atoms. The van der Waals surface area contributed by atoms with E-state index in [9.17, 15) is 4.79 Å². The first kappa shape index (κ1) is 20.6. The maximum absolute atomic E-state index is 12.6. The largest absolute Gasteiger partial charge is 0.352 e. The van der Waals surface area contributed by atoms with E-state index in [1.165, 1.54) is 5.56 Å². The van der Waals surface area contributed by atoms with Crippen molar-refractivity contribution in [3.63, 3.8) is 0 Å². The maximum Gasteiger partial charge on any atom is 0.241 e. The van der Waals surface area contributed by atoms with Crippen molar-refractivity contribution in [1.82, 2.24) is 20.4 Å². The molecule has 0 radical (unpaired) electrons. The molecule has 0 aliphatic carbocycles. The van der Waals surface area contributed by atoms with Crippen LogP contribution in [0, 0.1) is 12.8 Å². The molecular formula is C23H25ClN4O2. The molecule has 1 amide bonds. The second-order valence-electron chi connectivity index (χ2n) is 7.72.